The topological polar surface area (TPSA) is 9.23 Å². The van der Waals surface area contributed by atoms with Gasteiger partial charge in [0.1, 0.15) is 5.75 Å². The summed E-state index contributed by atoms with van der Waals surface area (Å²) in [6.07, 6.45) is 6.92. The molecule has 0 radical (unpaired) electrons. The smallest absolute Gasteiger partial charge is 0.119 e. The van der Waals surface area contributed by atoms with Crippen LogP contribution in [0.4, 0.5) is 0 Å². The van der Waals surface area contributed by atoms with E-state index < -0.39 is 0 Å². The minimum Gasteiger partial charge on any atom is -0.490 e. The van der Waals surface area contributed by atoms with Crippen molar-refractivity contribution in [1.82, 2.24) is 0 Å². The molecule has 0 unspecified atom stereocenters. The fraction of sp³-hybridized carbons (Fsp3) is 0.310. The molecule has 0 aliphatic heterocycles. The Morgan fingerprint density at radius 2 is 1.67 bits per heavy atom. The zero-order valence-corrected chi connectivity index (χ0v) is 17.8. The van der Waals surface area contributed by atoms with E-state index in [1.807, 2.05) is 0 Å². The van der Waals surface area contributed by atoms with Gasteiger partial charge in [-0.15, -0.1) is 6.58 Å². The van der Waals surface area contributed by atoms with Gasteiger partial charge < -0.3 is 4.74 Å². The van der Waals surface area contributed by atoms with Crippen molar-refractivity contribution in [3.8, 4) is 5.75 Å². The van der Waals surface area contributed by atoms with Gasteiger partial charge in [0, 0.05) is 5.92 Å². The second-order valence-corrected chi connectivity index (χ2v) is 9.01. The molecule has 0 bridgehead atoms. The quantitative estimate of drug-likeness (QED) is 0.416. The molecule has 3 aromatic rings. The molecule has 0 aromatic heterocycles. The van der Waals surface area contributed by atoms with Crippen LogP contribution in [0, 0.1) is 12.8 Å². The van der Waals surface area contributed by atoms with E-state index in [-0.39, 0.29) is 0 Å². The number of hydrogen-bond donors (Lipinski definition) is 0. The van der Waals surface area contributed by atoms with Crippen LogP contribution >= 0.6 is 0 Å². The molecule has 2 aliphatic carbocycles. The van der Waals surface area contributed by atoms with E-state index in [4.69, 9.17) is 4.74 Å². The lowest BCUT2D eigenvalue weighted by molar-refractivity contribution is 0.0864. The number of fused-ring (bicyclic) bond motifs is 1. The first kappa shape index (κ1) is 19.2. The average Bonchev–Trinajstić information content (AvgIpc) is 2.76. The molecular formula is C29H30O. The monoisotopic (exact) mass is 394 g/mol. The van der Waals surface area contributed by atoms with Gasteiger partial charge in [0.15, 0.2) is 0 Å². The van der Waals surface area contributed by atoms with Gasteiger partial charge in [0.25, 0.3) is 0 Å². The summed E-state index contributed by atoms with van der Waals surface area (Å²) in [6.45, 7) is 6.08. The molecule has 0 heterocycles. The van der Waals surface area contributed by atoms with Crippen LogP contribution < -0.4 is 4.74 Å². The maximum Gasteiger partial charge on any atom is 0.119 e. The normalized spacial score (nSPS) is 25.1. The number of rotatable bonds is 5. The number of ether oxygens (including phenoxy) is 1. The molecule has 1 fully saturated rings. The van der Waals surface area contributed by atoms with Crippen molar-refractivity contribution < 1.29 is 4.74 Å². The van der Waals surface area contributed by atoms with Gasteiger partial charge >= 0.3 is 0 Å². The largest absolute Gasteiger partial charge is 0.490 e. The first-order valence-corrected chi connectivity index (χ1v) is 11.2. The van der Waals surface area contributed by atoms with Crippen molar-refractivity contribution in [2.24, 2.45) is 5.92 Å². The molecule has 3 aromatic carbocycles. The Bertz CT molecular complexity index is 1010. The molecule has 0 spiro atoms. The summed E-state index contributed by atoms with van der Waals surface area (Å²) in [7, 11) is 0. The second-order valence-electron chi connectivity index (χ2n) is 9.01. The number of benzene rings is 3. The molecule has 152 valence electrons. The highest BCUT2D eigenvalue weighted by Crippen LogP contribution is 2.46. The highest BCUT2D eigenvalue weighted by atomic mass is 16.5. The first-order valence-electron chi connectivity index (χ1n) is 11.2. The molecule has 0 saturated heterocycles. The lowest BCUT2D eigenvalue weighted by atomic mass is 9.69. The summed E-state index contributed by atoms with van der Waals surface area (Å²) in [5, 5.41) is 0. The molecule has 5 rings (SSSR count). The van der Waals surface area contributed by atoms with Crippen molar-refractivity contribution in [3.05, 3.63) is 113 Å². The molecule has 0 amide bonds. The zero-order valence-electron chi connectivity index (χ0n) is 17.8. The van der Waals surface area contributed by atoms with Gasteiger partial charge in [0.05, 0.1) is 6.10 Å². The summed E-state index contributed by atoms with van der Waals surface area (Å²) < 4.78 is 6.17. The zero-order chi connectivity index (χ0) is 20.5. The highest BCUT2D eigenvalue weighted by molar-refractivity contribution is 5.47. The number of allylic oxidation sites excluding steroid dienone is 1. The molecule has 30 heavy (non-hydrogen) atoms. The minimum atomic E-state index is 0.342. The van der Waals surface area contributed by atoms with Crippen LogP contribution in [0.5, 0.6) is 5.75 Å². The Morgan fingerprint density at radius 3 is 2.40 bits per heavy atom. The van der Waals surface area contributed by atoms with E-state index in [9.17, 15) is 0 Å². The van der Waals surface area contributed by atoms with Crippen LogP contribution in [0.15, 0.2) is 85.5 Å². The van der Waals surface area contributed by atoms with Crippen molar-refractivity contribution >= 4 is 0 Å². The minimum absolute atomic E-state index is 0.342. The molecule has 2 atom stereocenters. The third-order valence-electron chi connectivity index (χ3n) is 6.99. The lowest BCUT2D eigenvalue weighted by Gasteiger charge is -2.35. The average molecular weight is 395 g/mol. The van der Waals surface area contributed by atoms with Crippen LogP contribution in [0.1, 0.15) is 58.9 Å². The second kappa shape index (κ2) is 8.14. The molecule has 1 nitrogen and oxygen atoms in total. The molecule has 1 heteroatoms. The maximum atomic E-state index is 6.17. The van der Waals surface area contributed by atoms with E-state index in [2.05, 4.69) is 92.4 Å². The lowest BCUT2D eigenvalue weighted by Crippen LogP contribution is -2.32. The Kier molecular flexibility index (Phi) is 5.21. The molecule has 0 N–H and O–H groups in total. The molecule has 1 saturated carbocycles. The van der Waals surface area contributed by atoms with Gasteiger partial charge in [-0.25, -0.2) is 0 Å². The van der Waals surface area contributed by atoms with Crippen LogP contribution in [0.3, 0.4) is 0 Å². The van der Waals surface area contributed by atoms with Gasteiger partial charge in [-0.1, -0.05) is 72.3 Å². The van der Waals surface area contributed by atoms with Crippen LogP contribution in [0.25, 0.3) is 0 Å². The maximum absolute atomic E-state index is 6.17. The van der Waals surface area contributed by atoms with Crippen LogP contribution in [-0.2, 0) is 6.42 Å². The number of aryl methyl sites for hydroxylation is 2. The summed E-state index contributed by atoms with van der Waals surface area (Å²) in [5.74, 6) is 2.51. The van der Waals surface area contributed by atoms with Crippen molar-refractivity contribution in [3.63, 3.8) is 0 Å². The van der Waals surface area contributed by atoms with Gasteiger partial charge in [-0.3, -0.25) is 0 Å². The van der Waals surface area contributed by atoms with Gasteiger partial charge in [0.2, 0.25) is 0 Å². The summed E-state index contributed by atoms with van der Waals surface area (Å²) in [6, 6.07) is 27.0. The van der Waals surface area contributed by atoms with Gasteiger partial charge in [-0.2, -0.15) is 0 Å². The Labute approximate surface area is 180 Å². The predicted octanol–water partition coefficient (Wildman–Crippen LogP) is 7.20. The SMILES string of the molecule is C=CC1CC(Oc2ccc([C@@H]3c4ccc(C)cc4CC[C@@H]3c3ccccc3)cc2)C1. The summed E-state index contributed by atoms with van der Waals surface area (Å²) >= 11 is 0. The fourth-order valence-electron chi connectivity index (χ4n) is 5.26. The third-order valence-corrected chi connectivity index (χ3v) is 6.99. The standard InChI is InChI=1S/C29H30O/c1-3-21-18-26(19-21)30-25-13-10-23(11-14-25)29-27(22-7-5-4-6-8-22)16-12-24-17-20(2)9-15-28(24)29/h3-11,13-15,17,21,26-27,29H,1,12,16,18-19H2,2H3/t21?,26?,27-,29+/m1/s1. The summed E-state index contributed by atoms with van der Waals surface area (Å²) in [5.41, 5.74) is 7.19. The van der Waals surface area contributed by atoms with Crippen LogP contribution in [0.2, 0.25) is 0 Å². The molecule has 2 aliphatic rings. The first-order chi connectivity index (χ1) is 14.7. The molecular weight excluding hydrogens is 364 g/mol. The van der Waals surface area contributed by atoms with Gasteiger partial charge in [-0.05, 0) is 78.8 Å². The van der Waals surface area contributed by atoms with E-state index in [0.29, 0.717) is 23.9 Å². The van der Waals surface area contributed by atoms with E-state index in [1.165, 1.54) is 34.2 Å². The highest BCUT2D eigenvalue weighted by Gasteiger charge is 2.32. The predicted molar refractivity (Wildman–Crippen MR) is 124 cm³/mol. The van der Waals surface area contributed by atoms with Crippen molar-refractivity contribution in [2.45, 2.75) is 50.5 Å². The van der Waals surface area contributed by atoms with E-state index in [0.717, 1.165) is 25.0 Å². The van der Waals surface area contributed by atoms with Crippen molar-refractivity contribution in [1.29, 1.82) is 0 Å². The van der Waals surface area contributed by atoms with E-state index in [1.54, 1.807) is 0 Å². The third kappa shape index (κ3) is 3.69. The van der Waals surface area contributed by atoms with E-state index >= 15 is 0 Å². The number of hydrogen-bond acceptors (Lipinski definition) is 1. The Balaban J connectivity index is 1.45. The fourth-order valence-corrected chi connectivity index (χ4v) is 5.26. The summed E-state index contributed by atoms with van der Waals surface area (Å²) in [4.78, 5) is 0. The van der Waals surface area contributed by atoms with Crippen LogP contribution in [-0.4, -0.2) is 6.10 Å². The van der Waals surface area contributed by atoms with Crippen molar-refractivity contribution in [2.75, 3.05) is 0 Å². The Hall–Kier alpha value is -2.80. The Morgan fingerprint density at radius 1 is 0.900 bits per heavy atom.